The molecule has 2 aliphatic heterocycles. The predicted molar refractivity (Wildman–Crippen MR) is 48.1 cm³/mol. The summed E-state index contributed by atoms with van der Waals surface area (Å²) in [6.07, 6.45) is 1.54. The summed E-state index contributed by atoms with van der Waals surface area (Å²) < 4.78 is 5.45. The van der Waals surface area contributed by atoms with Gasteiger partial charge in [-0.05, 0) is 12.8 Å². The minimum atomic E-state index is -0.960. The number of carboxylic acid groups (broad SMARTS) is 1. The molecule has 2 atom stereocenters. The first-order valence-corrected chi connectivity index (χ1v) is 4.91. The van der Waals surface area contributed by atoms with E-state index in [4.69, 9.17) is 14.9 Å². The Kier molecular flexibility index (Phi) is 2.36. The van der Waals surface area contributed by atoms with E-state index in [0.717, 1.165) is 19.4 Å². The standard InChI is InChI=1S/C9H15NO4/c11-5-7-1-2-9(3-4-14-9)6-10(7)8(12)13/h7,11H,1-6H2,(H,12,13). The van der Waals surface area contributed by atoms with Gasteiger partial charge in [0.05, 0.1) is 31.4 Å². The van der Waals surface area contributed by atoms with Gasteiger partial charge in [-0.1, -0.05) is 0 Å². The molecule has 0 radical (unpaired) electrons. The summed E-state index contributed by atoms with van der Waals surface area (Å²) in [4.78, 5) is 12.2. The van der Waals surface area contributed by atoms with Crippen molar-refractivity contribution in [3.8, 4) is 0 Å². The molecule has 14 heavy (non-hydrogen) atoms. The van der Waals surface area contributed by atoms with Crippen LogP contribution in [0, 0.1) is 0 Å². The van der Waals surface area contributed by atoms with Gasteiger partial charge in [0.1, 0.15) is 0 Å². The Labute approximate surface area is 82.3 Å². The molecule has 2 N–H and O–H groups in total. The highest BCUT2D eigenvalue weighted by atomic mass is 16.5. The highest BCUT2D eigenvalue weighted by molar-refractivity contribution is 5.65. The maximum Gasteiger partial charge on any atom is 0.407 e. The number of amides is 1. The van der Waals surface area contributed by atoms with E-state index in [9.17, 15) is 4.79 Å². The fourth-order valence-electron chi connectivity index (χ4n) is 2.23. The van der Waals surface area contributed by atoms with Crippen LogP contribution in [0.15, 0.2) is 0 Å². The molecule has 1 spiro atoms. The average molecular weight is 201 g/mol. The molecule has 0 aromatic carbocycles. The lowest BCUT2D eigenvalue weighted by Gasteiger charge is -2.50. The molecule has 0 bridgehead atoms. The van der Waals surface area contributed by atoms with Crippen LogP contribution in [0.3, 0.4) is 0 Å². The highest BCUT2D eigenvalue weighted by Gasteiger charge is 2.46. The van der Waals surface area contributed by atoms with Gasteiger partial charge in [-0.2, -0.15) is 0 Å². The van der Waals surface area contributed by atoms with E-state index in [-0.39, 0.29) is 18.2 Å². The molecule has 2 heterocycles. The highest BCUT2D eigenvalue weighted by Crippen LogP contribution is 2.37. The first-order valence-electron chi connectivity index (χ1n) is 4.91. The van der Waals surface area contributed by atoms with Gasteiger partial charge in [0.25, 0.3) is 0 Å². The first-order chi connectivity index (χ1) is 6.67. The Morgan fingerprint density at radius 3 is 2.71 bits per heavy atom. The second-order valence-electron chi connectivity index (χ2n) is 4.07. The lowest BCUT2D eigenvalue weighted by Crippen LogP contribution is -2.60. The summed E-state index contributed by atoms with van der Waals surface area (Å²) in [6.45, 7) is 1.05. The second-order valence-corrected chi connectivity index (χ2v) is 4.07. The molecule has 2 fully saturated rings. The van der Waals surface area contributed by atoms with Crippen molar-refractivity contribution in [1.29, 1.82) is 0 Å². The van der Waals surface area contributed by atoms with Gasteiger partial charge in [0, 0.05) is 6.42 Å². The molecule has 0 aromatic rings. The third-order valence-electron chi connectivity index (χ3n) is 3.25. The number of nitrogens with zero attached hydrogens (tertiary/aromatic N) is 1. The Hall–Kier alpha value is -0.810. The van der Waals surface area contributed by atoms with Crippen molar-refractivity contribution in [1.82, 2.24) is 4.90 Å². The van der Waals surface area contributed by atoms with Crippen LogP contribution in [0.1, 0.15) is 19.3 Å². The zero-order chi connectivity index (χ0) is 10.2. The smallest absolute Gasteiger partial charge is 0.407 e. The predicted octanol–water partition coefficient (Wildman–Crippen LogP) is 0.280. The van der Waals surface area contributed by atoms with Crippen LogP contribution in [0.25, 0.3) is 0 Å². The summed E-state index contributed by atoms with van der Waals surface area (Å²) in [5.41, 5.74) is -0.232. The number of piperidine rings is 1. The minimum absolute atomic E-state index is 0.0949. The Morgan fingerprint density at radius 1 is 1.57 bits per heavy atom. The number of rotatable bonds is 1. The molecule has 2 aliphatic rings. The third kappa shape index (κ3) is 1.46. The van der Waals surface area contributed by atoms with Crippen LogP contribution in [0.2, 0.25) is 0 Å². The molecular formula is C9H15NO4. The van der Waals surface area contributed by atoms with Crippen molar-refractivity contribution in [2.45, 2.75) is 30.9 Å². The minimum Gasteiger partial charge on any atom is -0.465 e. The van der Waals surface area contributed by atoms with Crippen molar-refractivity contribution in [3.05, 3.63) is 0 Å². The second kappa shape index (κ2) is 3.40. The van der Waals surface area contributed by atoms with Gasteiger partial charge in [-0.15, -0.1) is 0 Å². The summed E-state index contributed by atoms with van der Waals surface area (Å²) in [5.74, 6) is 0. The van der Waals surface area contributed by atoms with Crippen molar-refractivity contribution in [2.24, 2.45) is 0 Å². The Morgan fingerprint density at radius 2 is 2.29 bits per heavy atom. The van der Waals surface area contributed by atoms with Crippen LogP contribution in [-0.2, 0) is 4.74 Å². The van der Waals surface area contributed by atoms with Crippen molar-refractivity contribution in [3.63, 3.8) is 0 Å². The van der Waals surface area contributed by atoms with Crippen molar-refractivity contribution >= 4 is 6.09 Å². The molecule has 2 saturated heterocycles. The quantitative estimate of drug-likeness (QED) is 0.639. The van der Waals surface area contributed by atoms with Gasteiger partial charge in [-0.25, -0.2) is 4.79 Å². The SMILES string of the molecule is O=C(O)N1CC2(CCO2)CCC1CO. The molecule has 2 unspecified atom stereocenters. The molecule has 0 aromatic heterocycles. The van der Waals surface area contributed by atoms with E-state index in [0.29, 0.717) is 13.0 Å². The zero-order valence-electron chi connectivity index (χ0n) is 7.98. The van der Waals surface area contributed by atoms with Gasteiger partial charge >= 0.3 is 6.09 Å². The number of ether oxygens (including phenoxy) is 1. The van der Waals surface area contributed by atoms with Gasteiger partial charge in [0.2, 0.25) is 0 Å². The van der Waals surface area contributed by atoms with Gasteiger partial charge in [-0.3, -0.25) is 0 Å². The maximum absolute atomic E-state index is 10.9. The number of hydrogen-bond acceptors (Lipinski definition) is 3. The van der Waals surface area contributed by atoms with E-state index in [1.165, 1.54) is 4.90 Å². The van der Waals surface area contributed by atoms with Gasteiger partial charge in [0.15, 0.2) is 0 Å². The molecule has 5 nitrogen and oxygen atoms in total. The van der Waals surface area contributed by atoms with E-state index in [2.05, 4.69) is 0 Å². The van der Waals surface area contributed by atoms with Crippen molar-refractivity contribution < 1.29 is 19.7 Å². The van der Waals surface area contributed by atoms with Crippen LogP contribution in [-0.4, -0.2) is 52.6 Å². The number of hydrogen-bond donors (Lipinski definition) is 2. The topological polar surface area (TPSA) is 70.0 Å². The summed E-state index contributed by atoms with van der Waals surface area (Å²) in [7, 11) is 0. The monoisotopic (exact) mass is 201 g/mol. The van der Waals surface area contributed by atoms with Gasteiger partial charge < -0.3 is 19.8 Å². The van der Waals surface area contributed by atoms with Crippen molar-refractivity contribution in [2.75, 3.05) is 19.8 Å². The Balaban J connectivity index is 2.05. The first kappa shape index (κ1) is 9.73. The zero-order valence-corrected chi connectivity index (χ0v) is 7.98. The molecule has 80 valence electrons. The largest absolute Gasteiger partial charge is 0.465 e. The normalized spacial score (nSPS) is 36.9. The fourth-order valence-corrected chi connectivity index (χ4v) is 2.23. The summed E-state index contributed by atoms with van der Waals surface area (Å²) in [5, 5.41) is 18.0. The lowest BCUT2D eigenvalue weighted by atomic mass is 9.83. The Bertz CT molecular complexity index is 239. The molecule has 2 rings (SSSR count). The van der Waals surface area contributed by atoms with Crippen LogP contribution < -0.4 is 0 Å². The maximum atomic E-state index is 10.9. The van der Waals surface area contributed by atoms with Crippen LogP contribution in [0.4, 0.5) is 4.79 Å². The molecule has 0 aliphatic carbocycles. The molecule has 5 heteroatoms. The number of carbonyl (C=O) groups is 1. The van der Waals surface area contributed by atoms with E-state index < -0.39 is 6.09 Å². The summed E-state index contributed by atoms with van der Waals surface area (Å²) in [6, 6.07) is -0.248. The third-order valence-corrected chi connectivity index (χ3v) is 3.25. The van der Waals surface area contributed by atoms with Crippen LogP contribution in [0.5, 0.6) is 0 Å². The van der Waals surface area contributed by atoms with E-state index >= 15 is 0 Å². The molecular weight excluding hydrogens is 186 g/mol. The van der Waals surface area contributed by atoms with Crippen LogP contribution >= 0.6 is 0 Å². The number of likely N-dealkylation sites (tertiary alicyclic amines) is 1. The number of aliphatic hydroxyl groups is 1. The lowest BCUT2D eigenvalue weighted by molar-refractivity contribution is -0.181. The molecule has 0 saturated carbocycles. The average Bonchev–Trinajstić information content (AvgIpc) is 2.14. The van der Waals surface area contributed by atoms with E-state index in [1.54, 1.807) is 0 Å². The summed E-state index contributed by atoms with van der Waals surface area (Å²) >= 11 is 0. The fraction of sp³-hybridized carbons (Fsp3) is 0.889. The molecule has 1 amide bonds. The number of aliphatic hydroxyl groups excluding tert-OH is 1. The van der Waals surface area contributed by atoms with E-state index in [1.807, 2.05) is 0 Å².